The van der Waals surface area contributed by atoms with Crippen molar-refractivity contribution in [2.75, 3.05) is 24.9 Å². The van der Waals surface area contributed by atoms with Crippen molar-refractivity contribution >= 4 is 21.4 Å². The Labute approximate surface area is 158 Å². The molecule has 1 aliphatic heterocycles. The van der Waals surface area contributed by atoms with E-state index in [1.807, 2.05) is 12.1 Å². The standard InChI is InChI=1S/C20H21NO5S/c1-25-18-7-3-15(4-8-18)13-20(22)21(17-11-12-27(23,24)14-17)16-5-9-19(26-2)10-6-16/h3-12,17H,13-14H2,1-2H3. The number of benzene rings is 2. The van der Waals surface area contributed by atoms with Gasteiger partial charge in [0.1, 0.15) is 11.5 Å². The van der Waals surface area contributed by atoms with E-state index in [2.05, 4.69) is 0 Å². The highest BCUT2D eigenvalue weighted by atomic mass is 32.2. The number of rotatable bonds is 6. The van der Waals surface area contributed by atoms with Gasteiger partial charge in [-0.1, -0.05) is 12.1 Å². The number of carbonyl (C=O) groups is 1. The normalized spacial score (nSPS) is 17.5. The molecule has 0 aromatic heterocycles. The number of amides is 1. The second-order valence-corrected chi connectivity index (χ2v) is 8.14. The molecule has 2 aromatic rings. The van der Waals surface area contributed by atoms with Crippen LogP contribution in [0, 0.1) is 0 Å². The van der Waals surface area contributed by atoms with Crippen molar-refractivity contribution in [3.63, 3.8) is 0 Å². The summed E-state index contributed by atoms with van der Waals surface area (Å²) < 4.78 is 34.0. The van der Waals surface area contributed by atoms with Gasteiger partial charge in [0.25, 0.3) is 0 Å². The van der Waals surface area contributed by atoms with E-state index in [1.54, 1.807) is 56.7 Å². The number of carbonyl (C=O) groups excluding carboxylic acids is 1. The molecular formula is C20H21NO5S. The summed E-state index contributed by atoms with van der Waals surface area (Å²) in [6.07, 6.45) is 1.71. The summed E-state index contributed by atoms with van der Waals surface area (Å²) in [5.41, 5.74) is 1.45. The smallest absolute Gasteiger partial charge is 0.231 e. The third-order valence-corrected chi connectivity index (χ3v) is 5.75. The van der Waals surface area contributed by atoms with Crippen LogP contribution in [0.1, 0.15) is 5.56 Å². The van der Waals surface area contributed by atoms with Crippen LogP contribution >= 0.6 is 0 Å². The number of nitrogens with zero attached hydrogens (tertiary/aromatic N) is 1. The van der Waals surface area contributed by atoms with Crippen LogP contribution in [0.15, 0.2) is 60.0 Å². The monoisotopic (exact) mass is 387 g/mol. The Kier molecular flexibility index (Phi) is 5.51. The first-order valence-electron chi connectivity index (χ1n) is 8.42. The highest BCUT2D eigenvalue weighted by molar-refractivity contribution is 7.94. The molecule has 27 heavy (non-hydrogen) atoms. The molecule has 0 N–H and O–H groups in total. The van der Waals surface area contributed by atoms with E-state index in [0.29, 0.717) is 17.2 Å². The molecule has 6 nitrogen and oxygen atoms in total. The van der Waals surface area contributed by atoms with E-state index in [0.717, 1.165) is 5.56 Å². The number of hydrogen-bond donors (Lipinski definition) is 0. The Hall–Kier alpha value is -2.80. The fourth-order valence-corrected chi connectivity index (χ4v) is 4.25. The minimum absolute atomic E-state index is 0.118. The molecule has 0 bridgehead atoms. The molecule has 0 radical (unpaired) electrons. The van der Waals surface area contributed by atoms with Gasteiger partial charge < -0.3 is 14.4 Å². The van der Waals surface area contributed by atoms with Crippen LogP contribution in [-0.4, -0.2) is 40.3 Å². The molecule has 1 atom stereocenters. The average Bonchev–Trinajstić information content (AvgIpc) is 3.02. The predicted molar refractivity (Wildman–Crippen MR) is 104 cm³/mol. The van der Waals surface area contributed by atoms with Crippen LogP contribution in [0.2, 0.25) is 0 Å². The lowest BCUT2D eigenvalue weighted by atomic mass is 10.1. The first-order valence-corrected chi connectivity index (χ1v) is 10.1. The minimum Gasteiger partial charge on any atom is -0.497 e. The molecule has 0 aliphatic carbocycles. The Bertz CT molecular complexity index is 933. The predicted octanol–water partition coefficient (Wildman–Crippen LogP) is 2.59. The van der Waals surface area contributed by atoms with Crippen molar-refractivity contribution in [2.45, 2.75) is 12.5 Å². The van der Waals surface area contributed by atoms with Gasteiger partial charge in [-0.25, -0.2) is 8.42 Å². The zero-order valence-electron chi connectivity index (χ0n) is 15.2. The van der Waals surface area contributed by atoms with Gasteiger partial charge in [0.15, 0.2) is 9.84 Å². The van der Waals surface area contributed by atoms with Crippen molar-refractivity contribution in [1.82, 2.24) is 0 Å². The van der Waals surface area contributed by atoms with Crippen LogP contribution in [0.5, 0.6) is 11.5 Å². The molecule has 2 aromatic carbocycles. The molecule has 142 valence electrons. The van der Waals surface area contributed by atoms with Crippen molar-refractivity contribution in [1.29, 1.82) is 0 Å². The summed E-state index contributed by atoms with van der Waals surface area (Å²) in [5, 5.41) is 1.18. The Morgan fingerprint density at radius 2 is 1.56 bits per heavy atom. The zero-order chi connectivity index (χ0) is 19.4. The molecule has 7 heteroatoms. The topological polar surface area (TPSA) is 72.9 Å². The third kappa shape index (κ3) is 4.49. The summed E-state index contributed by atoms with van der Waals surface area (Å²) in [7, 11) is -0.147. The molecule has 0 saturated heterocycles. The quantitative estimate of drug-likeness (QED) is 0.762. The van der Waals surface area contributed by atoms with E-state index in [9.17, 15) is 13.2 Å². The van der Waals surface area contributed by atoms with E-state index in [1.165, 1.54) is 10.3 Å². The molecule has 3 rings (SSSR count). The van der Waals surface area contributed by atoms with Gasteiger partial charge in [0.2, 0.25) is 5.91 Å². The maximum Gasteiger partial charge on any atom is 0.231 e. The van der Waals surface area contributed by atoms with Gasteiger partial charge in [-0.05, 0) is 48.0 Å². The lowest BCUT2D eigenvalue weighted by Crippen LogP contribution is -2.42. The Balaban J connectivity index is 1.88. The maximum atomic E-state index is 13.1. The first-order chi connectivity index (χ1) is 12.9. The highest BCUT2D eigenvalue weighted by Gasteiger charge is 2.31. The lowest BCUT2D eigenvalue weighted by Gasteiger charge is -2.28. The summed E-state index contributed by atoms with van der Waals surface area (Å²) in [6, 6.07) is 13.7. The SMILES string of the molecule is COc1ccc(CC(=O)N(c2ccc(OC)cc2)C2C=CS(=O)(=O)C2)cc1. The van der Waals surface area contributed by atoms with Gasteiger partial charge in [-0.2, -0.15) is 0 Å². The van der Waals surface area contributed by atoms with Gasteiger partial charge in [0, 0.05) is 11.1 Å². The molecule has 0 spiro atoms. The average molecular weight is 387 g/mol. The highest BCUT2D eigenvalue weighted by Crippen LogP contribution is 2.26. The van der Waals surface area contributed by atoms with Gasteiger partial charge in [-0.3, -0.25) is 4.79 Å². The Morgan fingerprint density at radius 1 is 1.00 bits per heavy atom. The van der Waals surface area contributed by atoms with Crippen molar-refractivity contribution in [3.8, 4) is 11.5 Å². The number of hydrogen-bond acceptors (Lipinski definition) is 5. The molecule has 1 aliphatic rings. The Morgan fingerprint density at radius 3 is 2.04 bits per heavy atom. The zero-order valence-corrected chi connectivity index (χ0v) is 16.0. The van der Waals surface area contributed by atoms with Gasteiger partial charge in [-0.15, -0.1) is 0 Å². The second-order valence-electron chi connectivity index (χ2n) is 6.21. The largest absolute Gasteiger partial charge is 0.497 e. The van der Waals surface area contributed by atoms with E-state index >= 15 is 0 Å². The van der Waals surface area contributed by atoms with Crippen LogP contribution in [0.3, 0.4) is 0 Å². The summed E-state index contributed by atoms with van der Waals surface area (Å²) in [5.74, 6) is 1.07. The summed E-state index contributed by atoms with van der Waals surface area (Å²) in [6.45, 7) is 0. The van der Waals surface area contributed by atoms with Crippen molar-refractivity contribution in [3.05, 3.63) is 65.6 Å². The van der Waals surface area contributed by atoms with Gasteiger partial charge >= 0.3 is 0 Å². The van der Waals surface area contributed by atoms with Crippen LogP contribution in [0.4, 0.5) is 5.69 Å². The lowest BCUT2D eigenvalue weighted by molar-refractivity contribution is -0.118. The second kappa shape index (κ2) is 7.84. The summed E-state index contributed by atoms with van der Waals surface area (Å²) >= 11 is 0. The molecule has 1 amide bonds. The van der Waals surface area contributed by atoms with Crippen molar-refractivity contribution < 1.29 is 22.7 Å². The van der Waals surface area contributed by atoms with Crippen LogP contribution in [-0.2, 0) is 21.1 Å². The third-order valence-electron chi connectivity index (χ3n) is 4.38. The molecule has 1 heterocycles. The molecule has 0 saturated carbocycles. The fourth-order valence-electron chi connectivity index (χ4n) is 2.99. The maximum absolute atomic E-state index is 13.1. The van der Waals surface area contributed by atoms with Crippen LogP contribution < -0.4 is 14.4 Å². The van der Waals surface area contributed by atoms with Gasteiger partial charge in [0.05, 0.1) is 32.4 Å². The number of sulfone groups is 1. The molecular weight excluding hydrogens is 366 g/mol. The first kappa shape index (κ1) is 19.0. The fraction of sp³-hybridized carbons (Fsp3) is 0.250. The number of methoxy groups -OCH3 is 2. The number of anilines is 1. The summed E-state index contributed by atoms with van der Waals surface area (Å²) in [4.78, 5) is 14.6. The van der Waals surface area contributed by atoms with E-state index < -0.39 is 15.9 Å². The van der Waals surface area contributed by atoms with Crippen LogP contribution in [0.25, 0.3) is 0 Å². The van der Waals surface area contributed by atoms with Crippen molar-refractivity contribution in [2.24, 2.45) is 0 Å². The molecule has 0 fully saturated rings. The number of ether oxygens (including phenoxy) is 2. The minimum atomic E-state index is -3.29. The van der Waals surface area contributed by atoms with E-state index in [4.69, 9.17) is 9.47 Å². The van der Waals surface area contributed by atoms with E-state index in [-0.39, 0.29) is 18.1 Å². The molecule has 1 unspecified atom stereocenters.